The van der Waals surface area contributed by atoms with Crippen LogP contribution in [-0.4, -0.2) is 18.9 Å². The van der Waals surface area contributed by atoms with Crippen molar-refractivity contribution in [3.8, 4) is 0 Å². The SMILES string of the molecule is CC1(C)CNC(C)(Cc2ccco2)OC1. The average molecular weight is 209 g/mol. The molecule has 1 aliphatic heterocycles. The predicted octanol–water partition coefficient (Wildman–Crippen LogP) is 2.18. The van der Waals surface area contributed by atoms with Crippen LogP contribution in [-0.2, 0) is 11.2 Å². The Balaban J connectivity index is 1.98. The minimum absolute atomic E-state index is 0.225. The first-order chi connectivity index (χ1) is 6.99. The standard InChI is InChI=1S/C12H19NO2/c1-11(2)8-13-12(3,15-9-11)7-10-5-4-6-14-10/h4-6,13H,7-9H2,1-3H3. The van der Waals surface area contributed by atoms with Crippen LogP contribution in [0.1, 0.15) is 26.5 Å². The molecule has 84 valence electrons. The van der Waals surface area contributed by atoms with Crippen LogP contribution in [0.2, 0.25) is 0 Å². The highest BCUT2D eigenvalue weighted by Gasteiger charge is 2.35. The number of nitrogens with one attached hydrogen (secondary N) is 1. The van der Waals surface area contributed by atoms with Crippen molar-refractivity contribution in [1.29, 1.82) is 0 Å². The van der Waals surface area contributed by atoms with E-state index in [0.29, 0.717) is 0 Å². The lowest BCUT2D eigenvalue weighted by Gasteiger charge is -2.42. The van der Waals surface area contributed by atoms with Gasteiger partial charge >= 0.3 is 0 Å². The van der Waals surface area contributed by atoms with Gasteiger partial charge in [-0.3, -0.25) is 5.32 Å². The molecule has 1 N–H and O–H groups in total. The molecule has 0 aromatic carbocycles. The molecular weight excluding hydrogens is 190 g/mol. The maximum Gasteiger partial charge on any atom is 0.123 e. The molecule has 1 aromatic heterocycles. The summed E-state index contributed by atoms with van der Waals surface area (Å²) < 4.78 is 11.2. The largest absolute Gasteiger partial charge is 0.469 e. The molecule has 1 unspecified atom stereocenters. The maximum atomic E-state index is 5.88. The molecule has 1 saturated heterocycles. The molecule has 2 heterocycles. The van der Waals surface area contributed by atoms with Gasteiger partial charge in [-0.25, -0.2) is 0 Å². The second-order valence-corrected chi connectivity index (χ2v) is 5.29. The second-order valence-electron chi connectivity index (χ2n) is 5.29. The normalized spacial score (nSPS) is 30.3. The number of furan rings is 1. The minimum atomic E-state index is -0.284. The van der Waals surface area contributed by atoms with Crippen molar-refractivity contribution in [1.82, 2.24) is 5.32 Å². The predicted molar refractivity (Wildman–Crippen MR) is 58.6 cm³/mol. The first kappa shape index (κ1) is 10.7. The van der Waals surface area contributed by atoms with E-state index in [1.165, 1.54) is 0 Å². The van der Waals surface area contributed by atoms with Gasteiger partial charge in [-0.1, -0.05) is 13.8 Å². The van der Waals surface area contributed by atoms with Crippen molar-refractivity contribution in [2.75, 3.05) is 13.2 Å². The van der Waals surface area contributed by atoms with Gasteiger partial charge in [0.1, 0.15) is 11.5 Å². The zero-order valence-electron chi connectivity index (χ0n) is 9.67. The van der Waals surface area contributed by atoms with Gasteiger partial charge in [0.05, 0.1) is 12.9 Å². The van der Waals surface area contributed by atoms with Crippen molar-refractivity contribution < 1.29 is 9.15 Å². The Hall–Kier alpha value is -0.800. The maximum absolute atomic E-state index is 5.88. The number of hydrogen-bond acceptors (Lipinski definition) is 3. The molecule has 3 heteroatoms. The van der Waals surface area contributed by atoms with Gasteiger partial charge in [0.15, 0.2) is 0 Å². The lowest BCUT2D eigenvalue weighted by Crippen LogP contribution is -2.56. The summed E-state index contributed by atoms with van der Waals surface area (Å²) in [6.07, 6.45) is 2.47. The van der Waals surface area contributed by atoms with Gasteiger partial charge in [-0.05, 0) is 19.1 Å². The van der Waals surface area contributed by atoms with E-state index in [9.17, 15) is 0 Å². The van der Waals surface area contributed by atoms with E-state index in [0.717, 1.165) is 25.3 Å². The second kappa shape index (κ2) is 3.65. The zero-order valence-corrected chi connectivity index (χ0v) is 9.67. The van der Waals surface area contributed by atoms with E-state index in [1.54, 1.807) is 6.26 Å². The van der Waals surface area contributed by atoms with Gasteiger partial charge in [-0.15, -0.1) is 0 Å². The summed E-state index contributed by atoms with van der Waals surface area (Å²) in [4.78, 5) is 0. The summed E-state index contributed by atoms with van der Waals surface area (Å²) >= 11 is 0. The Morgan fingerprint density at radius 3 is 2.73 bits per heavy atom. The van der Waals surface area contributed by atoms with Gasteiger partial charge in [0, 0.05) is 18.4 Å². The summed E-state index contributed by atoms with van der Waals surface area (Å²) in [6.45, 7) is 8.24. The molecule has 1 aromatic rings. The number of ether oxygens (including phenoxy) is 1. The summed E-state index contributed by atoms with van der Waals surface area (Å²) in [5.74, 6) is 0.963. The van der Waals surface area contributed by atoms with E-state index < -0.39 is 0 Å². The molecule has 3 nitrogen and oxygen atoms in total. The van der Waals surface area contributed by atoms with Crippen molar-refractivity contribution in [3.63, 3.8) is 0 Å². The third kappa shape index (κ3) is 2.61. The Kier molecular flexibility index (Phi) is 2.61. The van der Waals surface area contributed by atoms with Crippen LogP contribution in [0.25, 0.3) is 0 Å². The van der Waals surface area contributed by atoms with E-state index >= 15 is 0 Å². The fourth-order valence-electron chi connectivity index (χ4n) is 1.74. The van der Waals surface area contributed by atoms with Crippen LogP contribution in [0, 0.1) is 5.41 Å². The van der Waals surface area contributed by atoms with Crippen molar-refractivity contribution >= 4 is 0 Å². The first-order valence-electron chi connectivity index (χ1n) is 5.41. The Bertz CT molecular complexity index is 306. The van der Waals surface area contributed by atoms with Crippen LogP contribution in [0.4, 0.5) is 0 Å². The van der Waals surface area contributed by atoms with Gasteiger partial charge < -0.3 is 9.15 Å². The van der Waals surface area contributed by atoms with Crippen LogP contribution in [0.15, 0.2) is 22.8 Å². The molecule has 0 radical (unpaired) electrons. The molecule has 2 rings (SSSR count). The molecule has 0 spiro atoms. The van der Waals surface area contributed by atoms with E-state index in [4.69, 9.17) is 9.15 Å². The molecule has 0 amide bonds. The third-order valence-corrected chi connectivity index (χ3v) is 2.81. The Morgan fingerprint density at radius 2 is 2.20 bits per heavy atom. The van der Waals surface area contributed by atoms with Crippen LogP contribution in [0.5, 0.6) is 0 Å². The summed E-state index contributed by atoms with van der Waals surface area (Å²) in [5, 5.41) is 3.44. The zero-order chi connectivity index (χ0) is 10.9. The lowest BCUT2D eigenvalue weighted by molar-refractivity contribution is -0.127. The summed E-state index contributed by atoms with van der Waals surface area (Å²) in [6, 6.07) is 3.89. The minimum Gasteiger partial charge on any atom is -0.469 e. The molecule has 1 fully saturated rings. The molecule has 15 heavy (non-hydrogen) atoms. The third-order valence-electron chi connectivity index (χ3n) is 2.81. The fraction of sp³-hybridized carbons (Fsp3) is 0.667. The van der Waals surface area contributed by atoms with Crippen LogP contribution in [0.3, 0.4) is 0 Å². The highest BCUT2D eigenvalue weighted by atomic mass is 16.5. The van der Waals surface area contributed by atoms with Crippen molar-refractivity contribution in [2.24, 2.45) is 5.41 Å². The first-order valence-corrected chi connectivity index (χ1v) is 5.41. The van der Waals surface area contributed by atoms with E-state index in [1.807, 2.05) is 12.1 Å². The lowest BCUT2D eigenvalue weighted by atomic mass is 9.91. The summed E-state index contributed by atoms with van der Waals surface area (Å²) in [5.41, 5.74) is -0.0595. The fourth-order valence-corrected chi connectivity index (χ4v) is 1.74. The highest BCUT2D eigenvalue weighted by molar-refractivity contribution is 5.03. The van der Waals surface area contributed by atoms with E-state index in [2.05, 4.69) is 26.1 Å². The number of hydrogen-bond donors (Lipinski definition) is 1. The quantitative estimate of drug-likeness (QED) is 0.810. The Labute approximate surface area is 90.8 Å². The molecule has 0 saturated carbocycles. The van der Waals surface area contributed by atoms with Gasteiger partial charge in [-0.2, -0.15) is 0 Å². The van der Waals surface area contributed by atoms with Crippen molar-refractivity contribution in [2.45, 2.75) is 32.9 Å². The molecule has 1 aliphatic rings. The molecule has 0 aliphatic carbocycles. The topological polar surface area (TPSA) is 34.4 Å². The van der Waals surface area contributed by atoms with Crippen molar-refractivity contribution in [3.05, 3.63) is 24.2 Å². The Morgan fingerprint density at radius 1 is 1.40 bits per heavy atom. The average Bonchev–Trinajstić information content (AvgIpc) is 2.64. The van der Waals surface area contributed by atoms with E-state index in [-0.39, 0.29) is 11.1 Å². The summed E-state index contributed by atoms with van der Waals surface area (Å²) in [7, 11) is 0. The molecule has 1 atom stereocenters. The van der Waals surface area contributed by atoms with Crippen LogP contribution >= 0.6 is 0 Å². The van der Waals surface area contributed by atoms with Gasteiger partial charge in [0.25, 0.3) is 0 Å². The molecule has 0 bridgehead atoms. The smallest absolute Gasteiger partial charge is 0.123 e. The van der Waals surface area contributed by atoms with Gasteiger partial charge in [0.2, 0.25) is 0 Å². The van der Waals surface area contributed by atoms with Crippen LogP contribution < -0.4 is 5.32 Å². The monoisotopic (exact) mass is 209 g/mol. The molecular formula is C12H19NO2. The highest BCUT2D eigenvalue weighted by Crippen LogP contribution is 2.26. The number of rotatable bonds is 2.